The molecule has 0 aromatic carbocycles. The van der Waals surface area contributed by atoms with E-state index in [2.05, 4.69) is 16.6 Å². The molecule has 0 saturated carbocycles. The molecule has 0 amide bonds. The molecule has 0 radical (unpaired) electrons. The summed E-state index contributed by atoms with van der Waals surface area (Å²) in [5.74, 6) is 0. The highest BCUT2D eigenvalue weighted by atomic mass is 35.5. The maximum Gasteiger partial charge on any atom is 0.432 e. The highest BCUT2D eigenvalue weighted by molar-refractivity contribution is 6.22. The van der Waals surface area contributed by atoms with Gasteiger partial charge in [-0.05, 0) is 19.8 Å². The molecule has 94 valence electrons. The quantitative estimate of drug-likeness (QED) is 0.411. The second kappa shape index (κ2) is 5.49. The molecule has 1 heterocycles. The molecule has 1 aliphatic heterocycles. The van der Waals surface area contributed by atoms with Crippen molar-refractivity contribution in [2.75, 3.05) is 0 Å². The molecule has 0 aromatic rings. The number of allylic oxidation sites excluding steroid dienone is 3. The lowest BCUT2D eigenvalue weighted by Crippen LogP contribution is -2.11. The van der Waals surface area contributed by atoms with E-state index < -0.39 is 11.9 Å². The molecule has 1 atom stereocenters. The topological polar surface area (TPSA) is 24.7 Å². The highest BCUT2D eigenvalue weighted by Crippen LogP contribution is 2.25. The Labute approximate surface area is 103 Å². The normalized spacial score (nSPS) is 22.1. The van der Waals surface area contributed by atoms with Gasteiger partial charge in [-0.25, -0.2) is 4.99 Å². The van der Waals surface area contributed by atoms with Gasteiger partial charge in [0.25, 0.3) is 0 Å². The summed E-state index contributed by atoms with van der Waals surface area (Å²) in [4.78, 5) is 7.41. The molecule has 0 aliphatic carbocycles. The molecule has 17 heavy (non-hydrogen) atoms. The Morgan fingerprint density at radius 1 is 1.59 bits per heavy atom. The maximum atomic E-state index is 12.2. The van der Waals surface area contributed by atoms with E-state index in [4.69, 9.17) is 11.6 Å². The number of halogens is 4. The summed E-state index contributed by atoms with van der Waals surface area (Å²) in [6.45, 7) is 4.38. The number of hydrogen-bond acceptors (Lipinski definition) is 2. The lowest BCUT2D eigenvalue weighted by molar-refractivity contribution is -0.0919. The third-order valence-corrected chi connectivity index (χ3v) is 2.52. The minimum absolute atomic E-state index is 0.238. The fraction of sp³-hybridized carbons (Fsp3) is 0.455. The summed E-state index contributed by atoms with van der Waals surface area (Å²) in [5.41, 5.74) is -0.654. The Hall–Kier alpha value is -1.10. The summed E-state index contributed by atoms with van der Waals surface area (Å²) in [6, 6.07) is 0. The van der Waals surface area contributed by atoms with Crippen molar-refractivity contribution in [2.45, 2.75) is 31.4 Å². The zero-order valence-electron chi connectivity index (χ0n) is 9.26. The fourth-order valence-electron chi connectivity index (χ4n) is 1.24. The van der Waals surface area contributed by atoms with Gasteiger partial charge >= 0.3 is 6.18 Å². The molecule has 0 bridgehead atoms. The van der Waals surface area contributed by atoms with Crippen LogP contribution in [0.1, 0.15) is 19.8 Å². The van der Waals surface area contributed by atoms with Gasteiger partial charge in [0.1, 0.15) is 11.2 Å². The monoisotopic (exact) mass is 264 g/mol. The second-order valence-electron chi connectivity index (χ2n) is 3.59. The van der Waals surface area contributed by atoms with Crippen LogP contribution >= 0.6 is 11.6 Å². The summed E-state index contributed by atoms with van der Waals surface area (Å²) in [5, 5.41) is 0. The number of rotatable bonds is 2. The number of nitrogens with zero attached hydrogens (tertiary/aromatic N) is 2. The Balaban J connectivity index is 2.86. The fourth-order valence-corrected chi connectivity index (χ4v) is 1.42. The Morgan fingerprint density at radius 2 is 2.24 bits per heavy atom. The first kappa shape index (κ1) is 14.0. The van der Waals surface area contributed by atoms with Gasteiger partial charge in [-0.1, -0.05) is 24.3 Å². The van der Waals surface area contributed by atoms with Gasteiger partial charge in [-0.2, -0.15) is 13.2 Å². The van der Waals surface area contributed by atoms with E-state index in [-0.39, 0.29) is 11.2 Å². The van der Waals surface area contributed by atoms with E-state index in [1.165, 1.54) is 13.1 Å². The highest BCUT2D eigenvalue weighted by Gasteiger charge is 2.32. The van der Waals surface area contributed by atoms with Crippen molar-refractivity contribution < 1.29 is 13.2 Å². The minimum atomic E-state index is -4.50. The smallest absolute Gasteiger partial charge is 0.273 e. The van der Waals surface area contributed by atoms with Crippen molar-refractivity contribution in [1.29, 1.82) is 0 Å². The lowest BCUT2D eigenvalue weighted by atomic mass is 10.1. The molecule has 6 heteroatoms. The number of hydrogen-bond donors (Lipinski definition) is 0. The van der Waals surface area contributed by atoms with Crippen molar-refractivity contribution >= 4 is 23.5 Å². The molecule has 0 spiro atoms. The summed E-state index contributed by atoms with van der Waals surface area (Å²) < 4.78 is 36.7. The summed E-state index contributed by atoms with van der Waals surface area (Å²) >= 11 is 5.80. The number of aliphatic imine (C=N–C) groups is 2. The van der Waals surface area contributed by atoms with Gasteiger partial charge in [-0.3, -0.25) is 4.99 Å². The van der Waals surface area contributed by atoms with Crippen LogP contribution in [0.25, 0.3) is 0 Å². The second-order valence-corrected chi connectivity index (χ2v) is 4.09. The van der Waals surface area contributed by atoms with Crippen molar-refractivity contribution in [1.82, 2.24) is 0 Å². The SMILES string of the molecule is C=C(N=C(C)C1=CCCC(Cl)N=C1)C(F)(F)F. The van der Waals surface area contributed by atoms with E-state index in [1.807, 2.05) is 0 Å². The molecule has 1 unspecified atom stereocenters. The zero-order chi connectivity index (χ0) is 13.1. The molecular formula is C11H12ClF3N2. The molecule has 0 N–H and O–H groups in total. The van der Waals surface area contributed by atoms with E-state index >= 15 is 0 Å². The van der Waals surface area contributed by atoms with Crippen LogP contribution in [0.3, 0.4) is 0 Å². The maximum absolute atomic E-state index is 12.2. The van der Waals surface area contributed by atoms with Gasteiger partial charge < -0.3 is 0 Å². The van der Waals surface area contributed by atoms with Crippen LogP contribution in [0.15, 0.2) is 33.9 Å². The first-order valence-electron chi connectivity index (χ1n) is 5.00. The minimum Gasteiger partial charge on any atom is -0.273 e. The van der Waals surface area contributed by atoms with Crippen LogP contribution in [0.4, 0.5) is 13.2 Å². The molecule has 0 fully saturated rings. The van der Waals surface area contributed by atoms with Gasteiger partial charge in [-0.15, -0.1) is 0 Å². The Kier molecular flexibility index (Phi) is 4.51. The van der Waals surface area contributed by atoms with Crippen LogP contribution < -0.4 is 0 Å². The Bertz CT molecular complexity index is 394. The molecule has 2 nitrogen and oxygen atoms in total. The summed E-state index contributed by atoms with van der Waals surface area (Å²) in [6.07, 6.45) is 0.0458. The average molecular weight is 265 g/mol. The van der Waals surface area contributed by atoms with E-state index in [0.717, 1.165) is 0 Å². The van der Waals surface area contributed by atoms with Gasteiger partial charge in [0, 0.05) is 17.5 Å². The van der Waals surface area contributed by atoms with Crippen molar-refractivity contribution in [3.63, 3.8) is 0 Å². The molecule has 1 aliphatic rings. The third-order valence-electron chi connectivity index (χ3n) is 2.19. The summed E-state index contributed by atoms with van der Waals surface area (Å²) in [7, 11) is 0. The van der Waals surface area contributed by atoms with Crippen LogP contribution in [-0.4, -0.2) is 23.6 Å². The standard InChI is InChI=1S/C11H12ClF3N2/c1-7(17-8(2)11(13,14)15)9-4-3-5-10(12)16-6-9/h4,6,10H,2-3,5H2,1H3. The first-order valence-corrected chi connectivity index (χ1v) is 5.43. The average Bonchev–Trinajstić information content (AvgIpc) is 2.41. The van der Waals surface area contributed by atoms with Gasteiger partial charge in [0.05, 0.1) is 0 Å². The Morgan fingerprint density at radius 3 is 2.82 bits per heavy atom. The molecular weight excluding hydrogens is 253 g/mol. The van der Waals surface area contributed by atoms with E-state index in [9.17, 15) is 13.2 Å². The zero-order valence-corrected chi connectivity index (χ0v) is 10.0. The van der Waals surface area contributed by atoms with E-state index in [0.29, 0.717) is 18.4 Å². The van der Waals surface area contributed by atoms with Crippen molar-refractivity contribution in [3.05, 3.63) is 23.9 Å². The molecule has 0 aromatic heterocycles. The van der Waals surface area contributed by atoms with Crippen LogP contribution in [-0.2, 0) is 0 Å². The van der Waals surface area contributed by atoms with Crippen LogP contribution in [0, 0.1) is 0 Å². The lowest BCUT2D eigenvalue weighted by Gasteiger charge is -2.07. The van der Waals surface area contributed by atoms with Crippen molar-refractivity contribution in [2.24, 2.45) is 9.98 Å². The predicted molar refractivity (Wildman–Crippen MR) is 63.8 cm³/mol. The molecule has 0 saturated heterocycles. The first-order chi connectivity index (χ1) is 7.80. The largest absolute Gasteiger partial charge is 0.432 e. The van der Waals surface area contributed by atoms with Gasteiger partial charge in [0.15, 0.2) is 0 Å². The van der Waals surface area contributed by atoms with Gasteiger partial charge in [0.2, 0.25) is 0 Å². The third kappa shape index (κ3) is 4.34. The molecule has 1 rings (SSSR count). The van der Waals surface area contributed by atoms with Crippen molar-refractivity contribution in [3.8, 4) is 0 Å². The number of alkyl halides is 4. The predicted octanol–water partition coefficient (Wildman–Crippen LogP) is 3.88. The van der Waals surface area contributed by atoms with Crippen LogP contribution in [0.2, 0.25) is 0 Å². The van der Waals surface area contributed by atoms with Crippen LogP contribution in [0.5, 0.6) is 0 Å². The van der Waals surface area contributed by atoms with E-state index in [1.54, 1.807) is 6.08 Å².